The molecule has 0 fully saturated rings. The van der Waals surface area contributed by atoms with Gasteiger partial charge in [0.05, 0.1) is 12.7 Å². The third-order valence-corrected chi connectivity index (χ3v) is 4.94. The lowest BCUT2D eigenvalue weighted by atomic mass is 10.0. The SMILES string of the molecule is COc1ccc(C2Nc3ccccc3C(=O)N2CCc2ccccc2)cc1. The van der Waals surface area contributed by atoms with Gasteiger partial charge < -0.3 is 15.0 Å². The van der Waals surface area contributed by atoms with Crippen LogP contribution in [-0.4, -0.2) is 24.5 Å². The van der Waals surface area contributed by atoms with Gasteiger partial charge in [0.2, 0.25) is 0 Å². The van der Waals surface area contributed by atoms with Gasteiger partial charge in [-0.3, -0.25) is 4.79 Å². The van der Waals surface area contributed by atoms with Gasteiger partial charge in [0.1, 0.15) is 11.9 Å². The van der Waals surface area contributed by atoms with Crippen LogP contribution < -0.4 is 10.1 Å². The van der Waals surface area contributed by atoms with E-state index in [1.807, 2.05) is 71.6 Å². The van der Waals surface area contributed by atoms with E-state index in [-0.39, 0.29) is 12.1 Å². The molecule has 0 saturated carbocycles. The van der Waals surface area contributed by atoms with Crippen molar-refractivity contribution >= 4 is 11.6 Å². The van der Waals surface area contributed by atoms with Gasteiger partial charge in [-0.15, -0.1) is 0 Å². The summed E-state index contributed by atoms with van der Waals surface area (Å²) < 4.78 is 5.27. The van der Waals surface area contributed by atoms with E-state index in [1.54, 1.807) is 7.11 Å². The van der Waals surface area contributed by atoms with Crippen molar-refractivity contribution in [3.63, 3.8) is 0 Å². The minimum atomic E-state index is -0.206. The monoisotopic (exact) mass is 358 g/mol. The highest BCUT2D eigenvalue weighted by atomic mass is 16.5. The summed E-state index contributed by atoms with van der Waals surface area (Å²) in [6.07, 6.45) is 0.602. The van der Waals surface area contributed by atoms with E-state index in [9.17, 15) is 4.79 Å². The Kier molecular flexibility index (Phi) is 4.79. The average Bonchev–Trinajstić information content (AvgIpc) is 2.74. The first-order chi connectivity index (χ1) is 13.3. The van der Waals surface area contributed by atoms with Gasteiger partial charge in [-0.25, -0.2) is 0 Å². The van der Waals surface area contributed by atoms with Crippen LogP contribution >= 0.6 is 0 Å². The zero-order chi connectivity index (χ0) is 18.6. The van der Waals surface area contributed by atoms with E-state index in [0.29, 0.717) is 6.54 Å². The van der Waals surface area contributed by atoms with Gasteiger partial charge in [0.15, 0.2) is 0 Å². The molecule has 1 heterocycles. The van der Waals surface area contributed by atoms with E-state index >= 15 is 0 Å². The molecular formula is C23H22N2O2. The molecule has 0 aliphatic carbocycles. The van der Waals surface area contributed by atoms with Gasteiger partial charge in [-0.05, 0) is 41.8 Å². The van der Waals surface area contributed by atoms with Crippen LogP contribution in [0.4, 0.5) is 5.69 Å². The van der Waals surface area contributed by atoms with E-state index < -0.39 is 0 Å². The summed E-state index contributed by atoms with van der Waals surface area (Å²) in [4.78, 5) is 15.1. The number of ether oxygens (including phenoxy) is 1. The molecule has 27 heavy (non-hydrogen) atoms. The minimum Gasteiger partial charge on any atom is -0.497 e. The zero-order valence-electron chi connectivity index (χ0n) is 15.3. The molecular weight excluding hydrogens is 336 g/mol. The summed E-state index contributed by atoms with van der Waals surface area (Å²) in [7, 11) is 1.65. The molecule has 1 aliphatic rings. The highest BCUT2D eigenvalue weighted by Crippen LogP contribution is 2.33. The molecule has 0 bridgehead atoms. The molecule has 0 spiro atoms. The second-order valence-corrected chi connectivity index (χ2v) is 6.60. The topological polar surface area (TPSA) is 41.6 Å². The van der Waals surface area contributed by atoms with Crippen molar-refractivity contribution in [2.75, 3.05) is 19.0 Å². The highest BCUT2D eigenvalue weighted by Gasteiger charge is 2.32. The summed E-state index contributed by atoms with van der Waals surface area (Å²) in [5, 5.41) is 3.53. The largest absolute Gasteiger partial charge is 0.497 e. The second-order valence-electron chi connectivity index (χ2n) is 6.60. The van der Waals surface area contributed by atoms with Crippen molar-refractivity contribution in [2.24, 2.45) is 0 Å². The molecule has 4 heteroatoms. The Morgan fingerprint density at radius 2 is 1.63 bits per heavy atom. The fourth-order valence-corrected chi connectivity index (χ4v) is 3.47. The number of para-hydroxylation sites is 1. The molecule has 0 aromatic heterocycles. The van der Waals surface area contributed by atoms with Crippen LogP contribution in [0.5, 0.6) is 5.75 Å². The quantitative estimate of drug-likeness (QED) is 0.730. The van der Waals surface area contributed by atoms with Gasteiger partial charge in [0.25, 0.3) is 5.91 Å². The molecule has 1 atom stereocenters. The molecule has 4 nitrogen and oxygen atoms in total. The number of nitrogens with one attached hydrogen (secondary N) is 1. The lowest BCUT2D eigenvalue weighted by molar-refractivity contribution is 0.0685. The van der Waals surface area contributed by atoms with Crippen LogP contribution in [-0.2, 0) is 6.42 Å². The molecule has 0 saturated heterocycles. The van der Waals surface area contributed by atoms with E-state index in [0.717, 1.165) is 29.0 Å². The number of hydrogen-bond donors (Lipinski definition) is 1. The number of carbonyl (C=O) groups is 1. The Morgan fingerprint density at radius 1 is 0.926 bits per heavy atom. The van der Waals surface area contributed by atoms with E-state index in [2.05, 4.69) is 17.4 Å². The highest BCUT2D eigenvalue weighted by molar-refractivity contribution is 6.01. The van der Waals surface area contributed by atoms with Crippen LogP contribution in [0.25, 0.3) is 0 Å². The number of nitrogens with zero attached hydrogens (tertiary/aromatic N) is 1. The molecule has 1 amide bonds. The maximum absolute atomic E-state index is 13.2. The molecule has 4 rings (SSSR count). The normalized spacial score (nSPS) is 15.8. The molecule has 3 aromatic carbocycles. The van der Waals surface area contributed by atoms with Crippen LogP contribution in [0.3, 0.4) is 0 Å². The standard InChI is InChI=1S/C23H22N2O2/c1-27-19-13-11-18(12-14-19)22-24-21-10-6-5-9-20(21)23(26)25(22)16-15-17-7-3-2-4-8-17/h2-14,22,24H,15-16H2,1H3. The smallest absolute Gasteiger partial charge is 0.257 e. The summed E-state index contributed by atoms with van der Waals surface area (Å²) in [5.74, 6) is 0.859. The summed E-state index contributed by atoms with van der Waals surface area (Å²) in [6.45, 7) is 0.640. The first-order valence-electron chi connectivity index (χ1n) is 9.10. The minimum absolute atomic E-state index is 0.0566. The molecule has 0 radical (unpaired) electrons. The van der Waals surface area contributed by atoms with Crippen molar-refractivity contribution in [1.29, 1.82) is 0 Å². The lowest BCUT2D eigenvalue weighted by Crippen LogP contribution is -2.43. The predicted octanol–water partition coefficient (Wildman–Crippen LogP) is 4.50. The number of methoxy groups -OCH3 is 1. The van der Waals surface area contributed by atoms with Gasteiger partial charge in [-0.2, -0.15) is 0 Å². The maximum Gasteiger partial charge on any atom is 0.257 e. The average molecular weight is 358 g/mol. The van der Waals surface area contributed by atoms with Crippen molar-refractivity contribution in [3.05, 3.63) is 95.6 Å². The zero-order valence-corrected chi connectivity index (χ0v) is 15.3. The first kappa shape index (κ1) is 17.2. The van der Waals surface area contributed by atoms with Crippen molar-refractivity contribution < 1.29 is 9.53 Å². The Morgan fingerprint density at radius 3 is 2.37 bits per heavy atom. The number of amides is 1. The maximum atomic E-state index is 13.2. The Hall–Kier alpha value is -3.27. The fourth-order valence-electron chi connectivity index (χ4n) is 3.47. The summed E-state index contributed by atoms with van der Waals surface area (Å²) in [5.41, 5.74) is 3.85. The molecule has 1 aliphatic heterocycles. The third-order valence-electron chi connectivity index (χ3n) is 4.94. The molecule has 1 N–H and O–H groups in total. The molecule has 3 aromatic rings. The van der Waals surface area contributed by atoms with Crippen LogP contribution in [0, 0.1) is 0 Å². The number of hydrogen-bond acceptors (Lipinski definition) is 3. The number of carbonyl (C=O) groups excluding carboxylic acids is 1. The molecule has 136 valence electrons. The lowest BCUT2D eigenvalue weighted by Gasteiger charge is -2.38. The third kappa shape index (κ3) is 3.51. The van der Waals surface area contributed by atoms with Crippen LogP contribution in [0.2, 0.25) is 0 Å². The fraction of sp³-hybridized carbons (Fsp3) is 0.174. The van der Waals surface area contributed by atoms with E-state index in [1.165, 1.54) is 5.56 Å². The number of fused-ring (bicyclic) bond motifs is 1. The summed E-state index contributed by atoms with van der Waals surface area (Å²) >= 11 is 0. The number of anilines is 1. The first-order valence-corrected chi connectivity index (χ1v) is 9.10. The second kappa shape index (κ2) is 7.54. The van der Waals surface area contributed by atoms with Crippen molar-refractivity contribution in [2.45, 2.75) is 12.6 Å². The Labute approximate surface area is 159 Å². The summed E-state index contributed by atoms with van der Waals surface area (Å²) in [6, 6.07) is 25.8. The predicted molar refractivity (Wildman–Crippen MR) is 107 cm³/mol. The van der Waals surface area contributed by atoms with E-state index in [4.69, 9.17) is 4.74 Å². The van der Waals surface area contributed by atoms with Crippen molar-refractivity contribution in [3.8, 4) is 5.75 Å². The van der Waals surface area contributed by atoms with Gasteiger partial charge in [-0.1, -0.05) is 54.6 Å². The van der Waals surface area contributed by atoms with Crippen molar-refractivity contribution in [1.82, 2.24) is 4.90 Å². The molecule has 1 unspecified atom stereocenters. The number of rotatable bonds is 5. The van der Waals surface area contributed by atoms with Gasteiger partial charge >= 0.3 is 0 Å². The van der Waals surface area contributed by atoms with Crippen LogP contribution in [0.15, 0.2) is 78.9 Å². The number of benzene rings is 3. The van der Waals surface area contributed by atoms with Crippen LogP contribution in [0.1, 0.15) is 27.7 Å². The Bertz CT molecular complexity index is 923. The Balaban J connectivity index is 1.65. The van der Waals surface area contributed by atoms with Gasteiger partial charge in [0, 0.05) is 12.2 Å².